The first-order valence-corrected chi connectivity index (χ1v) is 8.26. The van der Waals surface area contributed by atoms with Crippen molar-refractivity contribution >= 4 is 57.0 Å². The first-order chi connectivity index (χ1) is 8.86. The summed E-state index contributed by atoms with van der Waals surface area (Å²) in [5.41, 5.74) is -1.29. The van der Waals surface area contributed by atoms with Crippen LogP contribution in [-0.2, 0) is 4.79 Å². The van der Waals surface area contributed by atoms with Crippen LogP contribution in [0.2, 0.25) is 0 Å². The molecule has 1 atom stereocenters. The molecule has 0 bridgehead atoms. The molecule has 0 N–H and O–H groups in total. The predicted molar refractivity (Wildman–Crippen MR) is 97.9 cm³/mol. The summed E-state index contributed by atoms with van der Waals surface area (Å²) in [4.78, 5) is 14.9. The molecular formula is C16H24OS3. The summed E-state index contributed by atoms with van der Waals surface area (Å²) in [5, 5.41) is 0. The number of carbonyl (C=O) groups is 1. The molecule has 1 rings (SSSR count). The molecule has 0 spiro atoms. The third kappa shape index (κ3) is 2.67. The SMILES string of the molecule is CC(C)C(C)C(=S)C1C(=S)C(C)(C)C(=O)C(C)(C)C1=S. The normalized spacial score (nSPS) is 24.1. The van der Waals surface area contributed by atoms with E-state index in [2.05, 4.69) is 20.8 Å². The summed E-state index contributed by atoms with van der Waals surface area (Å²) in [5.74, 6) is 0.619. The van der Waals surface area contributed by atoms with Crippen LogP contribution in [0.3, 0.4) is 0 Å². The van der Waals surface area contributed by atoms with E-state index in [9.17, 15) is 4.79 Å². The number of rotatable bonds is 3. The van der Waals surface area contributed by atoms with Gasteiger partial charge < -0.3 is 0 Å². The van der Waals surface area contributed by atoms with Gasteiger partial charge in [-0.1, -0.05) is 57.4 Å². The maximum atomic E-state index is 12.6. The van der Waals surface area contributed by atoms with Crippen LogP contribution in [0, 0.1) is 28.6 Å². The second kappa shape index (κ2) is 5.62. The molecule has 0 aliphatic heterocycles. The van der Waals surface area contributed by atoms with E-state index in [-0.39, 0.29) is 17.6 Å². The predicted octanol–water partition coefficient (Wildman–Crippen LogP) is 4.64. The highest BCUT2D eigenvalue weighted by Gasteiger charge is 2.54. The smallest absolute Gasteiger partial charge is 0.153 e. The first-order valence-electron chi connectivity index (χ1n) is 7.04. The molecule has 4 heteroatoms. The number of carbonyl (C=O) groups excluding carboxylic acids is 1. The van der Waals surface area contributed by atoms with Gasteiger partial charge >= 0.3 is 0 Å². The maximum Gasteiger partial charge on any atom is 0.153 e. The average molecular weight is 329 g/mol. The molecule has 1 aliphatic carbocycles. The largest absolute Gasteiger partial charge is 0.298 e. The molecule has 1 nitrogen and oxygen atoms in total. The molecule has 0 saturated heterocycles. The van der Waals surface area contributed by atoms with Crippen LogP contribution in [-0.4, -0.2) is 20.4 Å². The standard InChI is InChI=1S/C16H24OS3/c1-8(2)9(3)11(18)10-12(19)15(4,5)14(17)16(6,7)13(10)20/h8-10H,1-7H3. The van der Waals surface area contributed by atoms with E-state index < -0.39 is 10.8 Å². The number of hydrogen-bond acceptors (Lipinski definition) is 4. The fourth-order valence-corrected chi connectivity index (χ4v) is 4.10. The lowest BCUT2D eigenvalue weighted by Gasteiger charge is -2.45. The molecular weight excluding hydrogens is 304 g/mol. The van der Waals surface area contributed by atoms with Gasteiger partial charge in [0, 0.05) is 14.6 Å². The van der Waals surface area contributed by atoms with Gasteiger partial charge in [0.15, 0.2) is 5.78 Å². The van der Waals surface area contributed by atoms with Crippen LogP contribution in [0.15, 0.2) is 0 Å². The Morgan fingerprint density at radius 1 is 1.00 bits per heavy atom. The Morgan fingerprint density at radius 3 is 1.65 bits per heavy atom. The lowest BCUT2D eigenvalue weighted by atomic mass is 9.58. The summed E-state index contributed by atoms with van der Waals surface area (Å²) < 4.78 is 0. The van der Waals surface area contributed by atoms with Gasteiger partial charge in [0.05, 0.1) is 16.7 Å². The second-order valence-electron chi connectivity index (χ2n) is 7.18. The molecule has 0 aromatic rings. The summed E-state index contributed by atoms with van der Waals surface area (Å²) >= 11 is 16.9. The van der Waals surface area contributed by atoms with Gasteiger partial charge in [0.2, 0.25) is 0 Å². The highest BCUT2D eigenvalue weighted by molar-refractivity contribution is 7.84. The third-order valence-corrected chi connectivity index (χ3v) is 6.72. The molecule has 1 fully saturated rings. The molecule has 1 aliphatic rings. The van der Waals surface area contributed by atoms with E-state index in [1.54, 1.807) is 0 Å². The summed E-state index contributed by atoms with van der Waals surface area (Å²) in [6.45, 7) is 14.0. The van der Waals surface area contributed by atoms with Gasteiger partial charge in [-0.05, 0) is 39.5 Å². The van der Waals surface area contributed by atoms with Crippen LogP contribution in [0.5, 0.6) is 0 Å². The van der Waals surface area contributed by atoms with Crippen LogP contribution in [0.25, 0.3) is 0 Å². The molecule has 1 saturated carbocycles. The monoisotopic (exact) mass is 328 g/mol. The number of Topliss-reactive ketones (excluding diaryl/α,β-unsaturated/α-hetero) is 1. The molecule has 0 heterocycles. The minimum Gasteiger partial charge on any atom is -0.298 e. The van der Waals surface area contributed by atoms with Crippen molar-refractivity contribution in [2.75, 3.05) is 0 Å². The Balaban J connectivity index is 3.33. The quantitative estimate of drug-likeness (QED) is 0.702. The third-order valence-electron chi connectivity index (χ3n) is 4.62. The van der Waals surface area contributed by atoms with Crippen molar-refractivity contribution in [3.63, 3.8) is 0 Å². The Morgan fingerprint density at radius 2 is 1.35 bits per heavy atom. The molecule has 20 heavy (non-hydrogen) atoms. The summed E-state index contributed by atoms with van der Waals surface area (Å²) in [7, 11) is 0. The zero-order valence-corrected chi connectivity index (χ0v) is 15.8. The van der Waals surface area contributed by atoms with E-state index in [0.717, 1.165) is 4.86 Å². The minimum atomic E-state index is -0.646. The lowest BCUT2D eigenvalue weighted by Crippen LogP contribution is -2.58. The zero-order valence-electron chi connectivity index (χ0n) is 13.4. The van der Waals surface area contributed by atoms with Gasteiger partial charge in [-0.2, -0.15) is 0 Å². The average Bonchev–Trinajstić information content (AvgIpc) is 2.34. The van der Waals surface area contributed by atoms with E-state index >= 15 is 0 Å². The van der Waals surface area contributed by atoms with Crippen molar-refractivity contribution < 1.29 is 4.79 Å². The van der Waals surface area contributed by atoms with Crippen LogP contribution in [0.1, 0.15) is 48.5 Å². The van der Waals surface area contributed by atoms with Crippen molar-refractivity contribution in [2.24, 2.45) is 28.6 Å². The van der Waals surface area contributed by atoms with Gasteiger partial charge in [0.25, 0.3) is 0 Å². The van der Waals surface area contributed by atoms with Crippen LogP contribution < -0.4 is 0 Å². The Labute approximate surface area is 138 Å². The minimum absolute atomic E-state index is 0.108. The first kappa shape index (κ1) is 18.0. The highest BCUT2D eigenvalue weighted by atomic mass is 32.1. The number of thiocarbonyl (C=S) groups is 3. The highest BCUT2D eigenvalue weighted by Crippen LogP contribution is 2.44. The molecule has 112 valence electrons. The van der Waals surface area contributed by atoms with Crippen LogP contribution in [0.4, 0.5) is 0 Å². The van der Waals surface area contributed by atoms with Crippen molar-refractivity contribution in [3.8, 4) is 0 Å². The molecule has 0 amide bonds. The fourth-order valence-electron chi connectivity index (χ4n) is 2.70. The summed E-state index contributed by atoms with van der Waals surface area (Å²) in [6.07, 6.45) is 0. The van der Waals surface area contributed by atoms with Crippen LogP contribution >= 0.6 is 36.7 Å². The van der Waals surface area contributed by atoms with Crippen molar-refractivity contribution in [2.45, 2.75) is 48.5 Å². The van der Waals surface area contributed by atoms with Crippen molar-refractivity contribution in [1.29, 1.82) is 0 Å². The van der Waals surface area contributed by atoms with E-state index in [1.807, 2.05) is 27.7 Å². The number of ketones is 1. The fraction of sp³-hybridized carbons (Fsp3) is 0.750. The Bertz CT molecular complexity index is 456. The molecule has 0 radical (unpaired) electrons. The van der Waals surface area contributed by atoms with Gasteiger partial charge in [0.1, 0.15) is 0 Å². The van der Waals surface area contributed by atoms with Gasteiger partial charge in [-0.25, -0.2) is 0 Å². The lowest BCUT2D eigenvalue weighted by molar-refractivity contribution is -0.129. The van der Waals surface area contributed by atoms with Crippen molar-refractivity contribution in [3.05, 3.63) is 0 Å². The van der Waals surface area contributed by atoms with E-state index in [0.29, 0.717) is 15.6 Å². The summed E-state index contributed by atoms with van der Waals surface area (Å²) in [6, 6.07) is 0. The van der Waals surface area contributed by atoms with E-state index in [4.69, 9.17) is 36.7 Å². The van der Waals surface area contributed by atoms with Gasteiger partial charge in [-0.15, -0.1) is 0 Å². The van der Waals surface area contributed by atoms with E-state index in [1.165, 1.54) is 0 Å². The zero-order chi connectivity index (χ0) is 16.0. The molecule has 0 aromatic heterocycles. The Kier molecular flexibility index (Phi) is 5.05. The molecule has 1 unspecified atom stereocenters. The van der Waals surface area contributed by atoms with Gasteiger partial charge in [-0.3, -0.25) is 4.79 Å². The topological polar surface area (TPSA) is 17.1 Å². The van der Waals surface area contributed by atoms with Crippen molar-refractivity contribution in [1.82, 2.24) is 0 Å². The molecule has 0 aromatic carbocycles. The Hall–Kier alpha value is -0.0600. The number of hydrogen-bond donors (Lipinski definition) is 0. The maximum absolute atomic E-state index is 12.6. The second-order valence-corrected chi connectivity index (χ2v) is 8.53.